The molecule has 0 aromatic heterocycles. The van der Waals surface area contributed by atoms with Gasteiger partial charge in [-0.2, -0.15) is 17.5 Å². The molecule has 6 nitrogen and oxygen atoms in total. The first-order valence-electron chi connectivity index (χ1n) is 7.86. The summed E-state index contributed by atoms with van der Waals surface area (Å²) in [7, 11) is -3.53. The van der Waals surface area contributed by atoms with Crippen molar-refractivity contribution in [2.45, 2.75) is 36.9 Å². The van der Waals surface area contributed by atoms with Crippen molar-refractivity contribution in [3.63, 3.8) is 0 Å². The largest absolute Gasteiger partial charge is 0.405 e. The lowest BCUT2D eigenvalue weighted by molar-refractivity contribution is -0.122. The van der Waals surface area contributed by atoms with Crippen LogP contribution in [-0.4, -0.2) is 44.6 Å². The van der Waals surface area contributed by atoms with E-state index in [2.05, 4.69) is 5.32 Å². The maximum atomic E-state index is 12.5. The molecule has 1 fully saturated rings. The second-order valence-electron chi connectivity index (χ2n) is 5.76. The molecule has 0 bridgehead atoms. The highest BCUT2D eigenvalue weighted by Crippen LogP contribution is 2.20. The molecular weight excluding hydrogens is 359 g/mol. The molecule has 0 atom stereocenters. The van der Waals surface area contributed by atoms with Gasteiger partial charge in [-0.05, 0) is 30.5 Å². The molecule has 0 unspecified atom stereocenters. The summed E-state index contributed by atoms with van der Waals surface area (Å²) in [4.78, 5) is 11.4. The van der Waals surface area contributed by atoms with E-state index in [1.54, 1.807) is 5.32 Å². The molecule has 1 aliphatic rings. The first-order chi connectivity index (χ1) is 11.7. The van der Waals surface area contributed by atoms with Gasteiger partial charge >= 0.3 is 12.2 Å². The number of amides is 2. The van der Waals surface area contributed by atoms with Crippen LogP contribution in [0.25, 0.3) is 0 Å². The van der Waals surface area contributed by atoms with Crippen molar-refractivity contribution in [3.8, 4) is 0 Å². The van der Waals surface area contributed by atoms with Crippen LogP contribution in [0, 0.1) is 0 Å². The summed E-state index contributed by atoms with van der Waals surface area (Å²) in [6, 6.07) is 4.99. The van der Waals surface area contributed by atoms with Gasteiger partial charge in [0.1, 0.15) is 6.54 Å². The molecule has 1 aromatic rings. The van der Waals surface area contributed by atoms with Crippen LogP contribution >= 0.6 is 0 Å². The Bertz CT molecular complexity index is 684. The molecule has 140 valence electrons. The van der Waals surface area contributed by atoms with Crippen molar-refractivity contribution >= 4 is 16.1 Å². The fourth-order valence-electron chi connectivity index (χ4n) is 2.46. The summed E-state index contributed by atoms with van der Waals surface area (Å²) in [5.74, 6) is 0. The van der Waals surface area contributed by atoms with Crippen molar-refractivity contribution in [1.29, 1.82) is 0 Å². The van der Waals surface area contributed by atoms with Crippen molar-refractivity contribution < 1.29 is 26.4 Å². The van der Waals surface area contributed by atoms with E-state index < -0.39 is 28.8 Å². The second-order valence-corrected chi connectivity index (χ2v) is 7.70. The van der Waals surface area contributed by atoms with Gasteiger partial charge in [-0.15, -0.1) is 0 Å². The molecule has 0 radical (unpaired) electrons. The Morgan fingerprint density at radius 1 is 1.04 bits per heavy atom. The zero-order chi connectivity index (χ0) is 18.5. The van der Waals surface area contributed by atoms with Crippen molar-refractivity contribution in [3.05, 3.63) is 29.8 Å². The predicted octanol–water partition coefficient (Wildman–Crippen LogP) is 2.22. The van der Waals surface area contributed by atoms with Crippen LogP contribution in [0.15, 0.2) is 29.2 Å². The highest BCUT2D eigenvalue weighted by Gasteiger charge is 2.28. The fourth-order valence-corrected chi connectivity index (χ4v) is 3.98. The zero-order valence-corrected chi connectivity index (χ0v) is 14.3. The Labute approximate surface area is 144 Å². The Kier molecular flexibility index (Phi) is 6.28. The van der Waals surface area contributed by atoms with Crippen LogP contribution in [0.5, 0.6) is 0 Å². The maximum Gasteiger partial charge on any atom is 0.405 e. The molecule has 2 rings (SSSR count). The molecule has 1 aromatic carbocycles. The number of urea groups is 1. The van der Waals surface area contributed by atoms with E-state index in [1.807, 2.05) is 0 Å². The van der Waals surface area contributed by atoms with E-state index >= 15 is 0 Å². The van der Waals surface area contributed by atoms with Crippen LogP contribution in [0.4, 0.5) is 18.0 Å². The van der Waals surface area contributed by atoms with Gasteiger partial charge in [0.2, 0.25) is 10.0 Å². The number of halogens is 3. The van der Waals surface area contributed by atoms with Crippen LogP contribution in [0.1, 0.15) is 24.8 Å². The highest BCUT2D eigenvalue weighted by atomic mass is 32.2. The van der Waals surface area contributed by atoms with Crippen molar-refractivity contribution in [2.24, 2.45) is 0 Å². The summed E-state index contributed by atoms with van der Waals surface area (Å²) >= 11 is 0. The number of benzene rings is 1. The van der Waals surface area contributed by atoms with Gasteiger partial charge in [0.25, 0.3) is 0 Å². The van der Waals surface area contributed by atoms with Crippen LogP contribution in [0.3, 0.4) is 0 Å². The highest BCUT2D eigenvalue weighted by molar-refractivity contribution is 7.89. The maximum absolute atomic E-state index is 12.5. The summed E-state index contributed by atoms with van der Waals surface area (Å²) < 4.78 is 62.4. The zero-order valence-electron chi connectivity index (χ0n) is 13.5. The molecule has 1 saturated heterocycles. The third-order valence-electron chi connectivity index (χ3n) is 3.78. The number of alkyl halides is 3. The SMILES string of the molecule is O=C(NCc1ccc(S(=O)(=O)N2CCCCC2)cc1)NCC(F)(F)F. The minimum Gasteiger partial charge on any atom is -0.334 e. The van der Waals surface area contributed by atoms with Gasteiger partial charge in [-0.25, -0.2) is 13.2 Å². The number of carbonyl (C=O) groups excluding carboxylic acids is 1. The van der Waals surface area contributed by atoms with E-state index in [0.29, 0.717) is 18.7 Å². The number of nitrogens with zero attached hydrogens (tertiary/aromatic N) is 1. The number of piperidine rings is 1. The van der Waals surface area contributed by atoms with E-state index in [1.165, 1.54) is 28.6 Å². The first kappa shape index (κ1) is 19.5. The lowest BCUT2D eigenvalue weighted by Gasteiger charge is -2.25. The lowest BCUT2D eigenvalue weighted by Crippen LogP contribution is -2.40. The standard InChI is InChI=1S/C15H20F3N3O3S/c16-15(17,18)11-20-14(22)19-10-12-4-6-13(7-5-12)25(23,24)21-8-2-1-3-9-21/h4-7H,1-3,8-11H2,(H2,19,20,22). The normalized spacial score (nSPS) is 16.4. The van der Waals surface area contributed by atoms with Gasteiger partial charge in [0, 0.05) is 19.6 Å². The Morgan fingerprint density at radius 3 is 2.20 bits per heavy atom. The van der Waals surface area contributed by atoms with E-state index in [9.17, 15) is 26.4 Å². The molecule has 10 heteroatoms. The Balaban J connectivity index is 1.90. The van der Waals surface area contributed by atoms with Crippen LogP contribution in [0.2, 0.25) is 0 Å². The molecule has 1 heterocycles. The first-order valence-corrected chi connectivity index (χ1v) is 9.30. The lowest BCUT2D eigenvalue weighted by atomic mass is 10.2. The van der Waals surface area contributed by atoms with E-state index in [0.717, 1.165) is 19.3 Å². The molecular formula is C15H20F3N3O3S. The van der Waals surface area contributed by atoms with Crippen molar-refractivity contribution in [2.75, 3.05) is 19.6 Å². The molecule has 0 aliphatic carbocycles. The summed E-state index contributed by atoms with van der Waals surface area (Å²) in [6.07, 6.45) is -1.77. The topological polar surface area (TPSA) is 78.5 Å². The summed E-state index contributed by atoms with van der Waals surface area (Å²) in [5, 5.41) is 3.98. The third-order valence-corrected chi connectivity index (χ3v) is 5.69. The van der Waals surface area contributed by atoms with Crippen LogP contribution < -0.4 is 10.6 Å². The number of hydrogen-bond donors (Lipinski definition) is 2. The van der Waals surface area contributed by atoms with Crippen LogP contribution in [-0.2, 0) is 16.6 Å². The molecule has 2 amide bonds. The molecule has 0 saturated carbocycles. The molecule has 1 aliphatic heterocycles. The average molecular weight is 379 g/mol. The second kappa shape index (κ2) is 8.05. The minimum absolute atomic E-state index is 0.00622. The average Bonchev–Trinajstić information content (AvgIpc) is 2.58. The smallest absolute Gasteiger partial charge is 0.334 e. The number of nitrogens with one attached hydrogen (secondary N) is 2. The monoisotopic (exact) mass is 379 g/mol. The predicted molar refractivity (Wildman–Crippen MR) is 85.3 cm³/mol. The fraction of sp³-hybridized carbons (Fsp3) is 0.533. The molecule has 2 N–H and O–H groups in total. The third kappa shape index (κ3) is 5.89. The van der Waals surface area contributed by atoms with Gasteiger partial charge in [0.05, 0.1) is 4.90 Å². The summed E-state index contributed by atoms with van der Waals surface area (Å²) in [6.45, 7) is -0.407. The molecule has 25 heavy (non-hydrogen) atoms. The van der Waals surface area contributed by atoms with Gasteiger partial charge in [0.15, 0.2) is 0 Å². The quantitative estimate of drug-likeness (QED) is 0.824. The summed E-state index contributed by atoms with van der Waals surface area (Å²) in [5.41, 5.74) is 0.583. The number of hydrogen-bond acceptors (Lipinski definition) is 3. The Morgan fingerprint density at radius 2 is 1.64 bits per heavy atom. The van der Waals surface area contributed by atoms with Gasteiger partial charge in [-0.3, -0.25) is 0 Å². The Hall–Kier alpha value is -1.81. The molecule has 0 spiro atoms. The van der Waals surface area contributed by atoms with Gasteiger partial charge in [-0.1, -0.05) is 18.6 Å². The van der Waals surface area contributed by atoms with Gasteiger partial charge < -0.3 is 10.6 Å². The number of carbonyl (C=O) groups is 1. The number of sulfonamides is 1. The van der Waals surface area contributed by atoms with E-state index in [4.69, 9.17) is 0 Å². The van der Waals surface area contributed by atoms with Crippen molar-refractivity contribution in [1.82, 2.24) is 14.9 Å². The minimum atomic E-state index is -4.47. The van der Waals surface area contributed by atoms with E-state index in [-0.39, 0.29) is 11.4 Å². The number of rotatable bonds is 5.